The van der Waals surface area contributed by atoms with Crippen LogP contribution in [0.2, 0.25) is 0 Å². The Morgan fingerprint density at radius 2 is 2.40 bits per heavy atom. The minimum Gasteiger partial charge on any atom is -0.463 e. The maximum absolute atomic E-state index is 5.28. The van der Waals surface area contributed by atoms with E-state index in [4.69, 9.17) is 4.42 Å². The summed E-state index contributed by atoms with van der Waals surface area (Å²) >= 11 is 0. The van der Waals surface area contributed by atoms with Gasteiger partial charge in [-0.25, -0.2) is 0 Å². The first-order valence-electron chi connectivity index (χ1n) is 5.50. The maximum Gasteiger partial charge on any atom is 0.152 e. The molecule has 0 aromatic carbocycles. The van der Waals surface area contributed by atoms with Crippen LogP contribution >= 0.6 is 0 Å². The van der Waals surface area contributed by atoms with Gasteiger partial charge in [0.25, 0.3) is 0 Å². The second kappa shape index (κ2) is 3.66. The molecule has 3 heterocycles. The predicted octanol–water partition coefficient (Wildman–Crippen LogP) is 2.64. The van der Waals surface area contributed by atoms with Gasteiger partial charge in [-0.15, -0.1) is 0 Å². The van der Waals surface area contributed by atoms with E-state index in [1.165, 1.54) is 19.3 Å². The lowest BCUT2D eigenvalue weighted by Gasteiger charge is -2.22. The zero-order valence-electron chi connectivity index (χ0n) is 8.57. The number of hydrogen-bond acceptors (Lipinski definition) is 3. The van der Waals surface area contributed by atoms with Crippen LogP contribution in [0.3, 0.4) is 0 Å². The Morgan fingerprint density at radius 3 is 3.27 bits per heavy atom. The molecule has 1 unspecified atom stereocenters. The number of rotatable bonds is 1. The van der Waals surface area contributed by atoms with E-state index in [-0.39, 0.29) is 0 Å². The van der Waals surface area contributed by atoms with E-state index in [2.05, 4.69) is 16.4 Å². The molecule has 3 nitrogen and oxygen atoms in total. The van der Waals surface area contributed by atoms with Gasteiger partial charge in [0.2, 0.25) is 0 Å². The van der Waals surface area contributed by atoms with Gasteiger partial charge >= 0.3 is 0 Å². The van der Waals surface area contributed by atoms with Gasteiger partial charge in [-0.2, -0.15) is 0 Å². The van der Waals surface area contributed by atoms with Crippen molar-refractivity contribution in [1.82, 2.24) is 10.3 Å². The van der Waals surface area contributed by atoms with Crippen molar-refractivity contribution in [3.05, 3.63) is 30.3 Å². The molecule has 1 atom stereocenters. The molecule has 1 aliphatic rings. The molecule has 0 radical (unpaired) electrons. The minimum atomic E-state index is 0.429. The molecule has 1 N–H and O–H groups in total. The number of piperidine rings is 1. The van der Waals surface area contributed by atoms with Crippen LogP contribution in [0, 0.1) is 0 Å². The third-order valence-electron chi connectivity index (χ3n) is 3.03. The lowest BCUT2D eigenvalue weighted by atomic mass is 10.0. The smallest absolute Gasteiger partial charge is 0.152 e. The van der Waals surface area contributed by atoms with Gasteiger partial charge in [-0.1, -0.05) is 6.42 Å². The Labute approximate surface area is 88.5 Å². The molecule has 1 fully saturated rings. The summed E-state index contributed by atoms with van der Waals surface area (Å²) in [5.74, 6) is 0. The topological polar surface area (TPSA) is 38.1 Å². The molecule has 15 heavy (non-hydrogen) atoms. The third kappa shape index (κ3) is 1.63. The van der Waals surface area contributed by atoms with Crippen molar-refractivity contribution < 1.29 is 4.42 Å². The Balaban J connectivity index is 1.95. The number of furan rings is 1. The highest BCUT2D eigenvalue weighted by atomic mass is 16.3. The van der Waals surface area contributed by atoms with Gasteiger partial charge in [-0.05, 0) is 31.5 Å². The summed E-state index contributed by atoms with van der Waals surface area (Å²) in [4.78, 5) is 4.45. The molecule has 78 valence electrons. The number of nitrogens with zero attached hydrogens (tertiary/aromatic N) is 1. The van der Waals surface area contributed by atoms with E-state index in [0.29, 0.717) is 6.04 Å². The zero-order valence-corrected chi connectivity index (χ0v) is 8.57. The van der Waals surface area contributed by atoms with Gasteiger partial charge < -0.3 is 9.73 Å². The molecule has 0 amide bonds. The van der Waals surface area contributed by atoms with Crippen LogP contribution in [0.25, 0.3) is 11.0 Å². The van der Waals surface area contributed by atoms with Crippen molar-refractivity contribution >= 4 is 11.0 Å². The van der Waals surface area contributed by atoms with Crippen LogP contribution in [-0.4, -0.2) is 11.5 Å². The van der Waals surface area contributed by atoms with E-state index >= 15 is 0 Å². The average Bonchev–Trinajstić information content (AvgIpc) is 2.77. The van der Waals surface area contributed by atoms with Crippen LogP contribution in [-0.2, 0) is 0 Å². The summed E-state index contributed by atoms with van der Waals surface area (Å²) in [6.07, 6.45) is 7.30. The normalized spacial score (nSPS) is 22.0. The van der Waals surface area contributed by atoms with Crippen LogP contribution in [0.15, 0.2) is 29.0 Å². The quantitative estimate of drug-likeness (QED) is 0.772. The Kier molecular flexibility index (Phi) is 2.18. The molecule has 3 rings (SSSR count). The number of fused-ring (bicyclic) bond motifs is 1. The molecule has 0 spiro atoms. The fourth-order valence-electron chi connectivity index (χ4n) is 2.18. The molecule has 2 aromatic rings. The number of nitrogens with one attached hydrogen (secondary N) is 1. The molecule has 0 saturated carbocycles. The molecule has 0 bridgehead atoms. The molecular formula is C12H14N2O. The highest BCUT2D eigenvalue weighted by Gasteiger charge is 2.16. The van der Waals surface area contributed by atoms with Crippen molar-refractivity contribution in [2.45, 2.75) is 25.3 Å². The maximum atomic E-state index is 5.28. The highest BCUT2D eigenvalue weighted by molar-refractivity contribution is 5.76. The third-order valence-corrected chi connectivity index (χ3v) is 3.03. The SMILES string of the molecule is c1cc2cc(C3CCCCN3)ncc2o1. The summed E-state index contributed by atoms with van der Waals surface area (Å²) < 4.78 is 5.28. The zero-order chi connectivity index (χ0) is 10.1. The summed E-state index contributed by atoms with van der Waals surface area (Å²) in [6, 6.07) is 4.54. The van der Waals surface area contributed by atoms with E-state index in [1.54, 1.807) is 6.26 Å². The van der Waals surface area contributed by atoms with Gasteiger partial charge in [0, 0.05) is 11.4 Å². The number of pyridine rings is 1. The van der Waals surface area contributed by atoms with Crippen LogP contribution in [0.4, 0.5) is 0 Å². The standard InChI is InChI=1S/C12H14N2O/c1-2-5-13-10(3-1)11-7-9-4-6-15-12(9)8-14-11/h4,6-8,10,13H,1-3,5H2. The minimum absolute atomic E-state index is 0.429. The van der Waals surface area contributed by atoms with Crippen molar-refractivity contribution in [3.63, 3.8) is 0 Å². The van der Waals surface area contributed by atoms with E-state index in [0.717, 1.165) is 23.2 Å². The average molecular weight is 202 g/mol. The van der Waals surface area contributed by atoms with Crippen molar-refractivity contribution in [2.24, 2.45) is 0 Å². The largest absolute Gasteiger partial charge is 0.463 e. The van der Waals surface area contributed by atoms with Crippen LogP contribution in [0.1, 0.15) is 31.0 Å². The lowest BCUT2D eigenvalue weighted by Crippen LogP contribution is -2.27. The first-order chi connectivity index (χ1) is 7.43. The van der Waals surface area contributed by atoms with Crippen molar-refractivity contribution in [2.75, 3.05) is 6.54 Å². The first kappa shape index (κ1) is 8.92. The first-order valence-corrected chi connectivity index (χ1v) is 5.50. The summed E-state index contributed by atoms with van der Waals surface area (Å²) in [6.45, 7) is 1.11. The van der Waals surface area contributed by atoms with E-state index < -0.39 is 0 Å². The fourth-order valence-corrected chi connectivity index (χ4v) is 2.18. The fraction of sp³-hybridized carbons (Fsp3) is 0.417. The van der Waals surface area contributed by atoms with Crippen LogP contribution < -0.4 is 5.32 Å². The van der Waals surface area contributed by atoms with Crippen molar-refractivity contribution in [1.29, 1.82) is 0 Å². The predicted molar refractivity (Wildman–Crippen MR) is 58.6 cm³/mol. The van der Waals surface area contributed by atoms with Gasteiger partial charge in [0.1, 0.15) is 0 Å². The second-order valence-corrected chi connectivity index (χ2v) is 4.07. The van der Waals surface area contributed by atoms with Gasteiger partial charge in [0.05, 0.1) is 18.2 Å². The van der Waals surface area contributed by atoms with E-state index in [9.17, 15) is 0 Å². The van der Waals surface area contributed by atoms with E-state index in [1.807, 2.05) is 12.3 Å². The Hall–Kier alpha value is -1.35. The van der Waals surface area contributed by atoms with Crippen LogP contribution in [0.5, 0.6) is 0 Å². The van der Waals surface area contributed by atoms with Gasteiger partial charge in [-0.3, -0.25) is 4.98 Å². The molecule has 0 aliphatic carbocycles. The van der Waals surface area contributed by atoms with Crippen molar-refractivity contribution in [3.8, 4) is 0 Å². The summed E-state index contributed by atoms with van der Waals surface area (Å²) in [7, 11) is 0. The second-order valence-electron chi connectivity index (χ2n) is 4.07. The van der Waals surface area contributed by atoms with Gasteiger partial charge in [0.15, 0.2) is 5.58 Å². The number of hydrogen-bond donors (Lipinski definition) is 1. The molecule has 1 aliphatic heterocycles. The lowest BCUT2D eigenvalue weighted by molar-refractivity contribution is 0.405. The monoisotopic (exact) mass is 202 g/mol. The summed E-state index contributed by atoms with van der Waals surface area (Å²) in [5, 5.41) is 4.64. The Bertz CT molecular complexity index is 457. The number of aromatic nitrogens is 1. The molecule has 2 aromatic heterocycles. The molecule has 1 saturated heterocycles. The Morgan fingerprint density at radius 1 is 1.40 bits per heavy atom. The molecule has 3 heteroatoms. The highest BCUT2D eigenvalue weighted by Crippen LogP contribution is 2.24. The summed E-state index contributed by atoms with van der Waals surface area (Å²) in [5.41, 5.74) is 2.01. The molecular weight excluding hydrogens is 188 g/mol.